The van der Waals surface area contributed by atoms with Crippen molar-refractivity contribution in [2.45, 2.75) is 10.7 Å². The zero-order chi connectivity index (χ0) is 15.4. The van der Waals surface area contributed by atoms with Gasteiger partial charge < -0.3 is 11.1 Å². The van der Waals surface area contributed by atoms with E-state index in [2.05, 4.69) is 10.3 Å². The summed E-state index contributed by atoms with van der Waals surface area (Å²) in [5.41, 5.74) is 5.53. The van der Waals surface area contributed by atoms with Crippen molar-refractivity contribution in [1.29, 1.82) is 0 Å². The maximum absolute atomic E-state index is 13.1. The van der Waals surface area contributed by atoms with E-state index in [1.165, 1.54) is 12.1 Å². The molecule has 0 aliphatic heterocycles. The van der Waals surface area contributed by atoms with Gasteiger partial charge in [-0.15, -0.1) is 0 Å². The van der Waals surface area contributed by atoms with Crippen molar-refractivity contribution in [3.05, 3.63) is 47.9 Å². The standard InChI is InChI=1S/C13H10F3N3OS/c14-7-5-8(11(17)18-6-7)12(20)19-9-3-1-2-4-10(9)21-13(15)16/h1-6,13H,(H2,17,18)(H,19,20). The van der Waals surface area contributed by atoms with Gasteiger partial charge in [0.15, 0.2) is 0 Å². The maximum Gasteiger partial charge on any atom is 0.288 e. The number of nitrogens with two attached hydrogens (primary N) is 1. The van der Waals surface area contributed by atoms with Gasteiger partial charge in [0.2, 0.25) is 0 Å². The van der Waals surface area contributed by atoms with Crippen LogP contribution in [-0.2, 0) is 0 Å². The molecule has 1 aromatic carbocycles. The highest BCUT2D eigenvalue weighted by Gasteiger charge is 2.15. The number of anilines is 2. The number of hydrogen-bond donors (Lipinski definition) is 2. The zero-order valence-corrected chi connectivity index (χ0v) is 11.3. The molecule has 0 bridgehead atoms. The summed E-state index contributed by atoms with van der Waals surface area (Å²) in [5, 5.41) is 2.42. The fraction of sp³-hybridized carbons (Fsp3) is 0.0769. The van der Waals surface area contributed by atoms with E-state index in [4.69, 9.17) is 5.73 Å². The number of aromatic nitrogens is 1. The Balaban J connectivity index is 2.25. The SMILES string of the molecule is Nc1ncc(F)cc1C(=O)Nc1ccccc1SC(F)F. The molecule has 4 nitrogen and oxygen atoms in total. The van der Waals surface area contributed by atoms with Gasteiger partial charge >= 0.3 is 0 Å². The lowest BCUT2D eigenvalue weighted by molar-refractivity contribution is 0.102. The average molecular weight is 313 g/mol. The Hall–Kier alpha value is -2.22. The van der Waals surface area contributed by atoms with Crippen LogP contribution in [0.3, 0.4) is 0 Å². The van der Waals surface area contributed by atoms with Gasteiger partial charge in [0.1, 0.15) is 11.6 Å². The van der Waals surface area contributed by atoms with Crippen LogP contribution in [0.2, 0.25) is 0 Å². The molecule has 0 radical (unpaired) electrons. The van der Waals surface area contributed by atoms with Crippen LogP contribution in [-0.4, -0.2) is 16.6 Å². The predicted molar refractivity (Wildman–Crippen MR) is 74.9 cm³/mol. The molecule has 21 heavy (non-hydrogen) atoms. The number of alkyl halides is 2. The van der Waals surface area contributed by atoms with E-state index >= 15 is 0 Å². The Labute approximate surface area is 122 Å². The second-order valence-corrected chi connectivity index (χ2v) is 4.95. The van der Waals surface area contributed by atoms with Gasteiger partial charge in [-0.3, -0.25) is 4.79 Å². The minimum atomic E-state index is -2.62. The van der Waals surface area contributed by atoms with Crippen LogP contribution >= 0.6 is 11.8 Å². The average Bonchev–Trinajstić information content (AvgIpc) is 2.43. The van der Waals surface area contributed by atoms with Gasteiger partial charge in [-0.2, -0.15) is 8.78 Å². The highest BCUT2D eigenvalue weighted by Crippen LogP contribution is 2.32. The number of nitrogens with one attached hydrogen (secondary N) is 1. The summed E-state index contributed by atoms with van der Waals surface area (Å²) in [7, 11) is 0. The van der Waals surface area contributed by atoms with Crippen molar-refractivity contribution in [2.75, 3.05) is 11.1 Å². The summed E-state index contributed by atoms with van der Waals surface area (Å²) in [4.78, 5) is 15.8. The lowest BCUT2D eigenvalue weighted by atomic mass is 10.2. The smallest absolute Gasteiger partial charge is 0.288 e. The number of thioether (sulfide) groups is 1. The van der Waals surface area contributed by atoms with E-state index in [1.807, 2.05) is 0 Å². The summed E-state index contributed by atoms with van der Waals surface area (Å²) in [5.74, 6) is -4.21. The number of halogens is 3. The maximum atomic E-state index is 13.1. The molecule has 0 aliphatic carbocycles. The van der Waals surface area contributed by atoms with E-state index in [-0.39, 0.29) is 22.0 Å². The van der Waals surface area contributed by atoms with E-state index < -0.39 is 17.5 Å². The molecule has 0 unspecified atom stereocenters. The first-order chi connectivity index (χ1) is 9.97. The van der Waals surface area contributed by atoms with Crippen LogP contribution in [0.25, 0.3) is 0 Å². The van der Waals surface area contributed by atoms with Crippen LogP contribution in [0.4, 0.5) is 24.7 Å². The number of benzene rings is 1. The quantitative estimate of drug-likeness (QED) is 0.849. The highest BCUT2D eigenvalue weighted by molar-refractivity contribution is 7.99. The summed E-state index contributed by atoms with van der Waals surface area (Å²) in [6, 6.07) is 6.99. The van der Waals surface area contributed by atoms with Gasteiger partial charge in [0, 0.05) is 4.90 Å². The summed E-state index contributed by atoms with van der Waals surface area (Å²) >= 11 is 0.301. The van der Waals surface area contributed by atoms with Crippen molar-refractivity contribution < 1.29 is 18.0 Å². The number of pyridine rings is 1. The Bertz CT molecular complexity index is 667. The largest absolute Gasteiger partial charge is 0.383 e. The molecule has 1 amide bonds. The van der Waals surface area contributed by atoms with E-state index in [0.717, 1.165) is 12.3 Å². The fourth-order valence-corrected chi connectivity index (χ4v) is 2.19. The Morgan fingerprint density at radius 1 is 1.33 bits per heavy atom. The molecule has 0 atom stereocenters. The number of para-hydroxylation sites is 1. The van der Waals surface area contributed by atoms with Crippen molar-refractivity contribution in [2.24, 2.45) is 0 Å². The lowest BCUT2D eigenvalue weighted by Gasteiger charge is -2.11. The van der Waals surface area contributed by atoms with Crippen molar-refractivity contribution in [3.8, 4) is 0 Å². The number of carbonyl (C=O) groups excluding carboxylic acids is 1. The molecule has 0 saturated heterocycles. The normalized spacial score (nSPS) is 10.7. The Morgan fingerprint density at radius 3 is 2.76 bits per heavy atom. The monoisotopic (exact) mass is 313 g/mol. The van der Waals surface area contributed by atoms with Crippen LogP contribution in [0.1, 0.15) is 10.4 Å². The molecule has 0 saturated carbocycles. The van der Waals surface area contributed by atoms with Crippen LogP contribution in [0, 0.1) is 5.82 Å². The summed E-state index contributed by atoms with van der Waals surface area (Å²) < 4.78 is 38.0. The van der Waals surface area contributed by atoms with E-state index in [0.29, 0.717) is 11.8 Å². The second-order valence-electron chi connectivity index (χ2n) is 3.92. The number of rotatable bonds is 4. The number of nitrogens with zero attached hydrogens (tertiary/aromatic N) is 1. The van der Waals surface area contributed by atoms with Crippen molar-refractivity contribution in [1.82, 2.24) is 4.98 Å². The van der Waals surface area contributed by atoms with Gasteiger partial charge in [0.05, 0.1) is 17.4 Å². The van der Waals surface area contributed by atoms with E-state index in [9.17, 15) is 18.0 Å². The second kappa shape index (κ2) is 6.49. The van der Waals surface area contributed by atoms with Crippen molar-refractivity contribution in [3.63, 3.8) is 0 Å². The Kier molecular flexibility index (Phi) is 4.69. The highest BCUT2D eigenvalue weighted by atomic mass is 32.2. The van der Waals surface area contributed by atoms with Crippen molar-refractivity contribution >= 4 is 29.2 Å². The molecular weight excluding hydrogens is 303 g/mol. The molecule has 0 aliphatic rings. The van der Waals surface area contributed by atoms with Crippen LogP contribution in [0.5, 0.6) is 0 Å². The van der Waals surface area contributed by atoms with Gasteiger partial charge in [0.25, 0.3) is 11.7 Å². The first-order valence-electron chi connectivity index (χ1n) is 5.73. The van der Waals surface area contributed by atoms with Gasteiger partial charge in [-0.05, 0) is 18.2 Å². The third-order valence-corrected chi connectivity index (χ3v) is 3.27. The molecule has 3 N–H and O–H groups in total. The number of amides is 1. The third kappa shape index (κ3) is 3.88. The van der Waals surface area contributed by atoms with Crippen LogP contribution < -0.4 is 11.1 Å². The molecule has 2 rings (SSSR count). The molecule has 0 spiro atoms. The molecule has 8 heteroatoms. The van der Waals surface area contributed by atoms with Gasteiger partial charge in [-0.25, -0.2) is 9.37 Å². The van der Waals surface area contributed by atoms with Gasteiger partial charge in [-0.1, -0.05) is 23.9 Å². The minimum Gasteiger partial charge on any atom is -0.383 e. The molecule has 1 aromatic heterocycles. The zero-order valence-electron chi connectivity index (χ0n) is 10.5. The van der Waals surface area contributed by atoms with Crippen LogP contribution in [0.15, 0.2) is 41.4 Å². The third-order valence-electron chi connectivity index (χ3n) is 2.48. The number of nitrogen functional groups attached to an aromatic ring is 1. The topological polar surface area (TPSA) is 68.0 Å². The molecule has 0 fully saturated rings. The molecule has 2 aromatic rings. The fourth-order valence-electron chi connectivity index (χ4n) is 1.59. The number of hydrogen-bond acceptors (Lipinski definition) is 4. The first-order valence-corrected chi connectivity index (χ1v) is 6.61. The summed E-state index contributed by atoms with van der Waals surface area (Å²) in [6.07, 6.45) is 0.882. The Morgan fingerprint density at radius 2 is 2.05 bits per heavy atom. The number of carbonyl (C=O) groups is 1. The molecule has 110 valence electrons. The lowest BCUT2D eigenvalue weighted by Crippen LogP contribution is -2.15. The predicted octanol–water partition coefficient (Wildman–Crippen LogP) is 3.37. The van der Waals surface area contributed by atoms with E-state index in [1.54, 1.807) is 12.1 Å². The molecular formula is C13H10F3N3OS. The summed E-state index contributed by atoms with van der Waals surface area (Å²) in [6.45, 7) is 0. The first kappa shape index (κ1) is 15.2. The molecule has 1 heterocycles. The minimum absolute atomic E-state index is 0.145.